The highest BCUT2D eigenvalue weighted by Crippen LogP contribution is 2.33. The van der Waals surface area contributed by atoms with E-state index in [4.69, 9.17) is 5.11 Å². The van der Waals surface area contributed by atoms with Gasteiger partial charge in [0.15, 0.2) is 0 Å². The molecule has 0 aliphatic rings. The van der Waals surface area contributed by atoms with Crippen molar-refractivity contribution in [1.29, 1.82) is 0 Å². The Morgan fingerprint density at radius 3 is 2.45 bits per heavy atom. The van der Waals surface area contributed by atoms with Gasteiger partial charge in [0.05, 0.1) is 16.1 Å². The number of hydrogen-bond acceptors (Lipinski definition) is 3. The smallest absolute Gasteiger partial charge is 0.335 e. The Balaban J connectivity index is 2.71. The molecule has 0 saturated carbocycles. The second-order valence-corrected chi connectivity index (χ2v) is 4.54. The number of carbonyl (C=O) groups is 1. The number of nitro groups is 1. The maximum absolute atomic E-state index is 11.2. The average Bonchev–Trinajstić information content (AvgIpc) is 2.41. The van der Waals surface area contributed by atoms with Gasteiger partial charge in [-0.05, 0) is 42.7 Å². The molecule has 2 aromatic carbocycles. The molecule has 0 unspecified atom stereocenters. The second-order valence-electron chi connectivity index (χ2n) is 4.54. The maximum atomic E-state index is 11.2. The molecule has 0 radical (unpaired) electrons. The molecular weight excluding hydrogens is 258 g/mol. The topological polar surface area (TPSA) is 80.4 Å². The van der Waals surface area contributed by atoms with E-state index in [2.05, 4.69) is 0 Å². The number of carboxylic acids is 1. The van der Waals surface area contributed by atoms with Gasteiger partial charge in [-0.2, -0.15) is 0 Å². The molecule has 0 bridgehead atoms. The summed E-state index contributed by atoms with van der Waals surface area (Å²) in [7, 11) is 0. The minimum Gasteiger partial charge on any atom is -0.478 e. The van der Waals surface area contributed by atoms with E-state index in [0.29, 0.717) is 5.56 Å². The van der Waals surface area contributed by atoms with E-state index in [1.807, 2.05) is 26.0 Å². The van der Waals surface area contributed by atoms with Gasteiger partial charge in [-0.3, -0.25) is 10.1 Å². The van der Waals surface area contributed by atoms with Gasteiger partial charge in [0.25, 0.3) is 5.69 Å². The van der Waals surface area contributed by atoms with Gasteiger partial charge < -0.3 is 5.11 Å². The van der Waals surface area contributed by atoms with Crippen LogP contribution in [0.5, 0.6) is 0 Å². The van der Waals surface area contributed by atoms with Crippen molar-refractivity contribution < 1.29 is 14.8 Å². The van der Waals surface area contributed by atoms with E-state index in [1.54, 1.807) is 6.07 Å². The average molecular weight is 271 g/mol. The minimum atomic E-state index is -1.18. The summed E-state index contributed by atoms with van der Waals surface area (Å²) in [4.78, 5) is 21.5. The fourth-order valence-corrected chi connectivity index (χ4v) is 2.09. The highest BCUT2D eigenvalue weighted by atomic mass is 16.6. The summed E-state index contributed by atoms with van der Waals surface area (Å²) in [6, 6.07) is 9.52. The molecule has 5 nitrogen and oxygen atoms in total. The molecule has 0 spiro atoms. The first-order valence-electron chi connectivity index (χ1n) is 6.00. The van der Waals surface area contributed by atoms with E-state index in [0.717, 1.165) is 22.8 Å². The lowest BCUT2D eigenvalue weighted by Crippen LogP contribution is -2.00. The molecule has 0 fully saturated rings. The van der Waals surface area contributed by atoms with Crippen LogP contribution < -0.4 is 0 Å². The first-order valence-corrected chi connectivity index (χ1v) is 6.00. The van der Waals surface area contributed by atoms with Gasteiger partial charge in [0, 0.05) is 6.07 Å². The number of aromatic carboxylic acids is 1. The van der Waals surface area contributed by atoms with Crippen LogP contribution in [0.1, 0.15) is 21.5 Å². The van der Waals surface area contributed by atoms with Gasteiger partial charge in [0.2, 0.25) is 0 Å². The minimum absolute atomic E-state index is 0.0919. The fraction of sp³-hybridized carbons (Fsp3) is 0.133. The number of hydrogen-bond donors (Lipinski definition) is 1. The number of aryl methyl sites for hydroxylation is 1. The highest BCUT2D eigenvalue weighted by Gasteiger charge is 2.19. The summed E-state index contributed by atoms with van der Waals surface area (Å²) in [5.74, 6) is -1.18. The van der Waals surface area contributed by atoms with E-state index < -0.39 is 10.9 Å². The lowest BCUT2D eigenvalue weighted by Gasteiger charge is -2.09. The largest absolute Gasteiger partial charge is 0.478 e. The predicted molar refractivity (Wildman–Crippen MR) is 75.0 cm³/mol. The standard InChI is InChI=1S/C15H13NO4/c1-9-4-3-5-12(10(9)2)13-7-6-11(15(17)18)8-14(13)16(19)20/h3-8H,1-2H3,(H,17,18). The summed E-state index contributed by atoms with van der Waals surface area (Å²) in [6.07, 6.45) is 0. The lowest BCUT2D eigenvalue weighted by atomic mass is 9.95. The van der Waals surface area contributed by atoms with Crippen molar-refractivity contribution >= 4 is 11.7 Å². The summed E-state index contributed by atoms with van der Waals surface area (Å²) in [6.45, 7) is 3.82. The molecule has 0 atom stereocenters. The first kappa shape index (κ1) is 13.7. The van der Waals surface area contributed by atoms with Gasteiger partial charge in [0.1, 0.15) is 0 Å². The van der Waals surface area contributed by atoms with Crippen molar-refractivity contribution in [2.45, 2.75) is 13.8 Å². The van der Waals surface area contributed by atoms with Crippen LogP contribution in [-0.4, -0.2) is 16.0 Å². The molecular formula is C15H13NO4. The van der Waals surface area contributed by atoms with Crippen molar-refractivity contribution in [1.82, 2.24) is 0 Å². The van der Waals surface area contributed by atoms with Crippen molar-refractivity contribution in [2.75, 3.05) is 0 Å². The van der Waals surface area contributed by atoms with E-state index in [1.165, 1.54) is 12.1 Å². The van der Waals surface area contributed by atoms with Crippen LogP contribution in [0.3, 0.4) is 0 Å². The molecule has 0 amide bonds. The molecule has 0 aliphatic carbocycles. The fourth-order valence-electron chi connectivity index (χ4n) is 2.09. The van der Waals surface area contributed by atoms with Gasteiger partial charge in [-0.1, -0.05) is 18.2 Å². The van der Waals surface area contributed by atoms with Crippen molar-refractivity contribution in [2.24, 2.45) is 0 Å². The zero-order chi connectivity index (χ0) is 14.9. The molecule has 20 heavy (non-hydrogen) atoms. The van der Waals surface area contributed by atoms with E-state index >= 15 is 0 Å². The quantitative estimate of drug-likeness (QED) is 0.683. The molecule has 2 rings (SSSR count). The van der Waals surface area contributed by atoms with Gasteiger partial charge >= 0.3 is 5.97 Å². The lowest BCUT2D eigenvalue weighted by molar-refractivity contribution is -0.384. The Bertz CT molecular complexity index is 707. The number of nitro benzene ring substituents is 1. The maximum Gasteiger partial charge on any atom is 0.335 e. The summed E-state index contributed by atoms with van der Waals surface area (Å²) >= 11 is 0. The predicted octanol–water partition coefficient (Wildman–Crippen LogP) is 3.58. The van der Waals surface area contributed by atoms with E-state index in [-0.39, 0.29) is 11.3 Å². The van der Waals surface area contributed by atoms with Crippen LogP contribution >= 0.6 is 0 Å². The van der Waals surface area contributed by atoms with Crippen molar-refractivity contribution in [3.63, 3.8) is 0 Å². The molecule has 1 N–H and O–H groups in total. The molecule has 5 heteroatoms. The Labute approximate surface area is 115 Å². The highest BCUT2D eigenvalue weighted by molar-refractivity contribution is 5.90. The number of benzene rings is 2. The number of rotatable bonds is 3. The summed E-state index contributed by atoms with van der Waals surface area (Å²) in [5.41, 5.74) is 2.86. The zero-order valence-electron chi connectivity index (χ0n) is 11.1. The van der Waals surface area contributed by atoms with Crippen molar-refractivity contribution in [3.05, 3.63) is 63.2 Å². The normalized spacial score (nSPS) is 10.3. The third-order valence-corrected chi connectivity index (χ3v) is 3.34. The van der Waals surface area contributed by atoms with Gasteiger partial charge in [-0.25, -0.2) is 4.79 Å². The molecule has 2 aromatic rings. The first-order chi connectivity index (χ1) is 9.41. The summed E-state index contributed by atoms with van der Waals surface area (Å²) < 4.78 is 0. The summed E-state index contributed by atoms with van der Waals surface area (Å²) in [5, 5.41) is 20.1. The Hall–Kier alpha value is -2.69. The van der Waals surface area contributed by atoms with E-state index in [9.17, 15) is 14.9 Å². The SMILES string of the molecule is Cc1cccc(-c2ccc(C(=O)O)cc2[N+](=O)[O-])c1C. The monoisotopic (exact) mass is 271 g/mol. The molecule has 0 saturated heterocycles. The Morgan fingerprint density at radius 1 is 1.15 bits per heavy atom. The zero-order valence-corrected chi connectivity index (χ0v) is 11.1. The Morgan fingerprint density at radius 2 is 1.85 bits per heavy atom. The van der Waals surface area contributed by atoms with Gasteiger partial charge in [-0.15, -0.1) is 0 Å². The van der Waals surface area contributed by atoms with Crippen LogP contribution in [0.15, 0.2) is 36.4 Å². The van der Waals surface area contributed by atoms with Crippen LogP contribution in [0.25, 0.3) is 11.1 Å². The van der Waals surface area contributed by atoms with Crippen LogP contribution in [-0.2, 0) is 0 Å². The van der Waals surface area contributed by atoms with Crippen molar-refractivity contribution in [3.8, 4) is 11.1 Å². The molecule has 102 valence electrons. The Kier molecular flexibility index (Phi) is 3.52. The van der Waals surface area contributed by atoms with Crippen LogP contribution in [0.2, 0.25) is 0 Å². The molecule has 0 heterocycles. The van der Waals surface area contributed by atoms with Crippen LogP contribution in [0, 0.1) is 24.0 Å². The molecule has 0 aromatic heterocycles. The molecule has 0 aliphatic heterocycles. The third kappa shape index (κ3) is 2.38. The number of nitrogens with zero attached hydrogens (tertiary/aromatic N) is 1. The second kappa shape index (κ2) is 5.13. The van der Waals surface area contributed by atoms with Crippen LogP contribution in [0.4, 0.5) is 5.69 Å². The number of carboxylic acid groups (broad SMARTS) is 1. The third-order valence-electron chi connectivity index (χ3n) is 3.34.